The SMILES string of the molecule is O=C(COC(=O)c1cccs1)Nc1ccccc1Br. The zero-order chi connectivity index (χ0) is 13.7. The van der Waals surface area contributed by atoms with Crippen LogP contribution >= 0.6 is 27.3 Å². The van der Waals surface area contributed by atoms with Crippen molar-refractivity contribution in [1.29, 1.82) is 0 Å². The van der Waals surface area contributed by atoms with E-state index in [4.69, 9.17) is 4.74 Å². The summed E-state index contributed by atoms with van der Waals surface area (Å²) in [6.07, 6.45) is 0. The van der Waals surface area contributed by atoms with Gasteiger partial charge in [0.25, 0.3) is 5.91 Å². The Bertz CT molecular complexity index is 583. The number of thiophene rings is 1. The van der Waals surface area contributed by atoms with Crippen molar-refractivity contribution in [2.24, 2.45) is 0 Å². The number of para-hydroxylation sites is 1. The van der Waals surface area contributed by atoms with Crippen molar-refractivity contribution in [3.63, 3.8) is 0 Å². The molecule has 1 amide bonds. The number of carbonyl (C=O) groups excluding carboxylic acids is 2. The van der Waals surface area contributed by atoms with Gasteiger partial charge in [0, 0.05) is 4.47 Å². The number of hydrogen-bond acceptors (Lipinski definition) is 4. The highest BCUT2D eigenvalue weighted by atomic mass is 79.9. The first-order chi connectivity index (χ1) is 9.16. The molecule has 0 atom stereocenters. The Kier molecular flexibility index (Phi) is 4.70. The van der Waals surface area contributed by atoms with Gasteiger partial charge in [0.1, 0.15) is 4.88 Å². The Morgan fingerprint density at radius 1 is 1.21 bits per heavy atom. The van der Waals surface area contributed by atoms with Gasteiger partial charge < -0.3 is 10.1 Å². The van der Waals surface area contributed by atoms with Gasteiger partial charge in [0.15, 0.2) is 6.61 Å². The fourth-order valence-corrected chi connectivity index (χ4v) is 2.35. The fraction of sp³-hybridized carbons (Fsp3) is 0.0769. The van der Waals surface area contributed by atoms with E-state index in [-0.39, 0.29) is 12.5 Å². The minimum Gasteiger partial charge on any atom is -0.451 e. The number of hydrogen-bond donors (Lipinski definition) is 1. The monoisotopic (exact) mass is 339 g/mol. The summed E-state index contributed by atoms with van der Waals surface area (Å²) in [6.45, 7) is -0.307. The molecule has 0 unspecified atom stereocenters. The lowest BCUT2D eigenvalue weighted by Crippen LogP contribution is -2.20. The molecule has 1 aromatic carbocycles. The molecule has 0 radical (unpaired) electrons. The number of halogens is 1. The number of carbonyl (C=O) groups is 2. The first-order valence-corrected chi connectivity index (χ1v) is 7.09. The van der Waals surface area contributed by atoms with Gasteiger partial charge in [-0.3, -0.25) is 4.79 Å². The largest absolute Gasteiger partial charge is 0.451 e. The van der Waals surface area contributed by atoms with E-state index in [9.17, 15) is 9.59 Å². The van der Waals surface area contributed by atoms with Crippen molar-refractivity contribution in [1.82, 2.24) is 0 Å². The van der Waals surface area contributed by atoms with Crippen LogP contribution in [0.4, 0.5) is 5.69 Å². The van der Waals surface area contributed by atoms with Gasteiger partial charge in [0.05, 0.1) is 5.69 Å². The van der Waals surface area contributed by atoms with Crippen molar-refractivity contribution >= 4 is 44.8 Å². The van der Waals surface area contributed by atoms with E-state index in [0.29, 0.717) is 10.6 Å². The summed E-state index contributed by atoms with van der Waals surface area (Å²) >= 11 is 4.59. The second kappa shape index (κ2) is 6.49. The van der Waals surface area contributed by atoms with Crippen molar-refractivity contribution in [3.8, 4) is 0 Å². The summed E-state index contributed by atoms with van der Waals surface area (Å²) in [5, 5.41) is 4.43. The normalized spacial score (nSPS) is 9.95. The highest BCUT2D eigenvalue weighted by molar-refractivity contribution is 9.10. The highest BCUT2D eigenvalue weighted by Gasteiger charge is 2.11. The molecule has 1 N–H and O–H groups in total. The Morgan fingerprint density at radius 3 is 2.68 bits per heavy atom. The summed E-state index contributed by atoms with van der Waals surface area (Å²) in [5.74, 6) is -0.867. The number of esters is 1. The second-order valence-electron chi connectivity index (χ2n) is 3.58. The predicted octanol–water partition coefficient (Wildman–Crippen LogP) is 3.31. The van der Waals surface area contributed by atoms with E-state index in [0.717, 1.165) is 4.47 Å². The molecule has 1 heterocycles. The van der Waals surface area contributed by atoms with E-state index in [1.165, 1.54) is 11.3 Å². The summed E-state index contributed by atoms with van der Waals surface area (Å²) in [6, 6.07) is 10.6. The molecule has 98 valence electrons. The quantitative estimate of drug-likeness (QED) is 0.869. The number of anilines is 1. The Balaban J connectivity index is 1.86. The smallest absolute Gasteiger partial charge is 0.348 e. The van der Waals surface area contributed by atoms with Gasteiger partial charge in [-0.2, -0.15) is 0 Å². The van der Waals surface area contributed by atoms with Crippen LogP contribution in [0.5, 0.6) is 0 Å². The zero-order valence-corrected chi connectivity index (χ0v) is 12.2. The van der Waals surface area contributed by atoms with Crippen LogP contribution in [0.2, 0.25) is 0 Å². The lowest BCUT2D eigenvalue weighted by molar-refractivity contribution is -0.119. The molecule has 2 aromatic rings. The van der Waals surface area contributed by atoms with Crippen molar-refractivity contribution < 1.29 is 14.3 Å². The van der Waals surface area contributed by atoms with E-state index in [2.05, 4.69) is 21.2 Å². The molecule has 0 aliphatic rings. The van der Waals surface area contributed by atoms with Crippen molar-refractivity contribution in [2.75, 3.05) is 11.9 Å². The molecule has 0 aliphatic heterocycles. The van der Waals surface area contributed by atoms with E-state index >= 15 is 0 Å². The molecular weight excluding hydrogens is 330 g/mol. The number of rotatable bonds is 4. The molecule has 1 aromatic heterocycles. The van der Waals surface area contributed by atoms with Crippen molar-refractivity contribution in [3.05, 3.63) is 51.1 Å². The van der Waals surface area contributed by atoms with Gasteiger partial charge in [0.2, 0.25) is 0 Å². The number of ether oxygens (including phenoxy) is 1. The van der Waals surface area contributed by atoms with Gasteiger partial charge >= 0.3 is 5.97 Å². The molecule has 0 spiro atoms. The van der Waals surface area contributed by atoms with Crippen LogP contribution in [0.3, 0.4) is 0 Å². The average molecular weight is 340 g/mol. The van der Waals surface area contributed by atoms with Crippen LogP contribution in [0.1, 0.15) is 9.67 Å². The van der Waals surface area contributed by atoms with E-state index < -0.39 is 5.97 Å². The summed E-state index contributed by atoms with van der Waals surface area (Å²) < 4.78 is 5.68. The molecule has 2 rings (SSSR count). The third-order valence-corrected chi connectivity index (χ3v) is 3.75. The van der Waals surface area contributed by atoms with Gasteiger partial charge in [-0.25, -0.2) is 4.79 Å². The molecule has 6 heteroatoms. The molecule has 19 heavy (non-hydrogen) atoms. The van der Waals surface area contributed by atoms with Crippen LogP contribution in [-0.4, -0.2) is 18.5 Å². The summed E-state index contributed by atoms with van der Waals surface area (Å²) in [4.78, 5) is 23.6. The summed E-state index contributed by atoms with van der Waals surface area (Å²) in [7, 11) is 0. The molecule has 0 saturated carbocycles. The van der Waals surface area contributed by atoms with Gasteiger partial charge in [-0.1, -0.05) is 18.2 Å². The molecule has 0 bridgehead atoms. The van der Waals surface area contributed by atoms with Gasteiger partial charge in [-0.05, 0) is 39.5 Å². The van der Waals surface area contributed by atoms with E-state index in [1.807, 2.05) is 12.1 Å². The molecule has 4 nitrogen and oxygen atoms in total. The fourth-order valence-electron chi connectivity index (χ4n) is 1.35. The average Bonchev–Trinajstić information content (AvgIpc) is 2.93. The van der Waals surface area contributed by atoms with Crippen molar-refractivity contribution in [2.45, 2.75) is 0 Å². The Hall–Kier alpha value is -1.66. The minimum atomic E-state index is -0.489. The maximum absolute atomic E-state index is 11.6. The topological polar surface area (TPSA) is 55.4 Å². The number of amides is 1. The summed E-state index contributed by atoms with van der Waals surface area (Å²) in [5.41, 5.74) is 0.639. The zero-order valence-electron chi connectivity index (χ0n) is 9.76. The first-order valence-electron chi connectivity index (χ1n) is 5.42. The number of nitrogens with one attached hydrogen (secondary N) is 1. The third kappa shape index (κ3) is 3.90. The van der Waals surface area contributed by atoms with Gasteiger partial charge in [-0.15, -0.1) is 11.3 Å². The van der Waals surface area contributed by atoms with E-state index in [1.54, 1.807) is 29.6 Å². The highest BCUT2D eigenvalue weighted by Crippen LogP contribution is 2.21. The molecule has 0 aliphatic carbocycles. The van der Waals surface area contributed by atoms with Crippen LogP contribution in [-0.2, 0) is 9.53 Å². The minimum absolute atomic E-state index is 0.307. The second-order valence-corrected chi connectivity index (χ2v) is 5.38. The Labute approximate surface area is 122 Å². The molecule has 0 fully saturated rings. The maximum Gasteiger partial charge on any atom is 0.348 e. The van der Waals surface area contributed by atoms with Crippen LogP contribution in [0.15, 0.2) is 46.3 Å². The van der Waals surface area contributed by atoms with Crippen LogP contribution in [0.25, 0.3) is 0 Å². The molecule has 0 saturated heterocycles. The standard InChI is InChI=1S/C13H10BrNO3S/c14-9-4-1-2-5-10(9)15-12(16)8-18-13(17)11-6-3-7-19-11/h1-7H,8H2,(H,15,16). The van der Waals surface area contributed by atoms with Crippen LogP contribution < -0.4 is 5.32 Å². The lowest BCUT2D eigenvalue weighted by Gasteiger charge is -2.07. The third-order valence-electron chi connectivity index (χ3n) is 2.20. The van der Waals surface area contributed by atoms with Crippen LogP contribution in [0, 0.1) is 0 Å². The Morgan fingerprint density at radius 2 is 2.00 bits per heavy atom. The predicted molar refractivity (Wildman–Crippen MR) is 77.4 cm³/mol. The number of benzene rings is 1. The first kappa shape index (κ1) is 13.8. The molecular formula is C13H10BrNO3S. The maximum atomic E-state index is 11.6. The lowest BCUT2D eigenvalue weighted by atomic mass is 10.3.